The van der Waals surface area contributed by atoms with Gasteiger partial charge in [-0.2, -0.15) is 0 Å². The van der Waals surface area contributed by atoms with Crippen molar-refractivity contribution in [3.05, 3.63) is 34.3 Å². The third-order valence-corrected chi connectivity index (χ3v) is 4.39. The van der Waals surface area contributed by atoms with Gasteiger partial charge in [0.05, 0.1) is 6.10 Å². The monoisotopic (exact) mass is 282 g/mol. The van der Waals surface area contributed by atoms with Crippen molar-refractivity contribution in [1.82, 2.24) is 4.90 Å². The number of hydrogen-bond donors (Lipinski definition) is 1. The first-order chi connectivity index (χ1) is 9.15. The Labute approximate surface area is 120 Å². The van der Waals surface area contributed by atoms with Crippen LogP contribution in [0.4, 0.5) is 0 Å². The molecule has 1 aliphatic rings. The van der Waals surface area contributed by atoms with Crippen molar-refractivity contribution in [2.45, 2.75) is 31.9 Å². The number of rotatable bonds is 4. The van der Waals surface area contributed by atoms with E-state index < -0.39 is 0 Å². The van der Waals surface area contributed by atoms with E-state index in [1.54, 1.807) is 7.11 Å². The third kappa shape index (κ3) is 3.48. The van der Waals surface area contributed by atoms with Gasteiger partial charge in [0.25, 0.3) is 0 Å². The molecule has 3 nitrogen and oxygen atoms in total. The highest BCUT2D eigenvalue weighted by atomic mass is 35.5. The van der Waals surface area contributed by atoms with Crippen molar-refractivity contribution in [3.8, 4) is 0 Å². The molecule has 1 aromatic carbocycles. The molecule has 0 amide bonds. The van der Waals surface area contributed by atoms with Gasteiger partial charge in [-0.05, 0) is 43.5 Å². The van der Waals surface area contributed by atoms with E-state index in [9.17, 15) is 0 Å². The third-order valence-electron chi connectivity index (χ3n) is 3.99. The van der Waals surface area contributed by atoms with Gasteiger partial charge in [-0.3, -0.25) is 4.90 Å². The molecule has 2 atom stereocenters. The summed E-state index contributed by atoms with van der Waals surface area (Å²) in [6.45, 7) is 4.65. The Bertz CT molecular complexity index is 425. The van der Waals surface area contributed by atoms with Crippen molar-refractivity contribution >= 4 is 11.6 Å². The number of ether oxygens (including phenoxy) is 1. The summed E-state index contributed by atoms with van der Waals surface area (Å²) in [7, 11) is 1.79. The van der Waals surface area contributed by atoms with Crippen LogP contribution in [0.5, 0.6) is 0 Å². The van der Waals surface area contributed by atoms with E-state index >= 15 is 0 Å². The maximum Gasteiger partial charge on any atom is 0.0698 e. The summed E-state index contributed by atoms with van der Waals surface area (Å²) in [4.78, 5) is 2.42. The zero-order valence-corrected chi connectivity index (χ0v) is 12.5. The zero-order valence-electron chi connectivity index (χ0n) is 11.7. The van der Waals surface area contributed by atoms with Crippen molar-refractivity contribution in [1.29, 1.82) is 0 Å². The van der Waals surface area contributed by atoms with Gasteiger partial charge >= 0.3 is 0 Å². The van der Waals surface area contributed by atoms with E-state index in [0.29, 0.717) is 12.6 Å². The number of nitrogens with zero attached hydrogens (tertiary/aromatic N) is 1. The van der Waals surface area contributed by atoms with Crippen LogP contribution in [-0.4, -0.2) is 37.7 Å². The fourth-order valence-corrected chi connectivity index (χ4v) is 2.94. The molecule has 0 spiro atoms. The fourth-order valence-electron chi connectivity index (χ4n) is 2.75. The highest BCUT2D eigenvalue weighted by molar-refractivity contribution is 6.31. The minimum Gasteiger partial charge on any atom is -0.380 e. The minimum atomic E-state index is 0.232. The molecule has 1 aromatic rings. The van der Waals surface area contributed by atoms with Crippen molar-refractivity contribution in [2.75, 3.05) is 26.7 Å². The molecule has 1 saturated heterocycles. The van der Waals surface area contributed by atoms with E-state index in [1.165, 1.54) is 5.56 Å². The molecule has 1 fully saturated rings. The molecule has 0 aromatic heterocycles. The summed E-state index contributed by atoms with van der Waals surface area (Å²) in [6, 6.07) is 6.48. The number of halogens is 1. The summed E-state index contributed by atoms with van der Waals surface area (Å²) >= 11 is 6.23. The minimum absolute atomic E-state index is 0.232. The lowest BCUT2D eigenvalue weighted by molar-refractivity contribution is 0.0155. The largest absolute Gasteiger partial charge is 0.380 e. The Morgan fingerprint density at radius 3 is 2.95 bits per heavy atom. The van der Waals surface area contributed by atoms with E-state index in [0.717, 1.165) is 36.5 Å². The Kier molecular flexibility index (Phi) is 5.22. The van der Waals surface area contributed by atoms with Crippen LogP contribution < -0.4 is 5.73 Å². The molecule has 4 heteroatoms. The highest BCUT2D eigenvalue weighted by Gasteiger charge is 2.26. The molecule has 1 aliphatic heterocycles. The van der Waals surface area contributed by atoms with Crippen molar-refractivity contribution < 1.29 is 4.74 Å². The predicted molar refractivity (Wildman–Crippen MR) is 79.6 cm³/mol. The molecule has 19 heavy (non-hydrogen) atoms. The lowest BCUT2D eigenvalue weighted by Crippen LogP contribution is -2.43. The lowest BCUT2D eigenvalue weighted by Gasteiger charge is -2.37. The topological polar surface area (TPSA) is 38.5 Å². The first-order valence-corrected chi connectivity index (χ1v) is 7.26. The van der Waals surface area contributed by atoms with E-state index in [4.69, 9.17) is 22.1 Å². The normalized spacial score (nSPS) is 22.4. The van der Waals surface area contributed by atoms with Gasteiger partial charge in [-0.1, -0.05) is 23.7 Å². The average molecular weight is 283 g/mol. The Balaban J connectivity index is 2.16. The van der Waals surface area contributed by atoms with Crippen molar-refractivity contribution in [2.24, 2.45) is 5.73 Å². The van der Waals surface area contributed by atoms with Crippen LogP contribution in [0.1, 0.15) is 30.0 Å². The molecular formula is C15H23ClN2O. The smallest absolute Gasteiger partial charge is 0.0698 e. The van der Waals surface area contributed by atoms with Gasteiger partial charge in [-0.15, -0.1) is 0 Å². The molecule has 2 N–H and O–H groups in total. The van der Waals surface area contributed by atoms with Crippen LogP contribution >= 0.6 is 11.6 Å². The second kappa shape index (κ2) is 6.71. The second-order valence-corrected chi connectivity index (χ2v) is 5.66. The molecule has 0 aliphatic carbocycles. The summed E-state index contributed by atoms with van der Waals surface area (Å²) in [6.07, 6.45) is 2.62. The maximum absolute atomic E-state index is 6.23. The van der Waals surface area contributed by atoms with Gasteiger partial charge in [0.1, 0.15) is 0 Å². The van der Waals surface area contributed by atoms with Crippen LogP contribution in [0.25, 0.3) is 0 Å². The van der Waals surface area contributed by atoms with Crippen LogP contribution in [0, 0.1) is 6.92 Å². The van der Waals surface area contributed by atoms with Gasteiger partial charge in [0.15, 0.2) is 0 Å². The molecule has 0 bridgehead atoms. The first kappa shape index (κ1) is 14.8. The average Bonchev–Trinajstić information content (AvgIpc) is 2.44. The molecule has 1 heterocycles. The van der Waals surface area contributed by atoms with Crippen LogP contribution in [-0.2, 0) is 4.74 Å². The highest BCUT2D eigenvalue weighted by Crippen LogP contribution is 2.27. The van der Waals surface area contributed by atoms with E-state index in [2.05, 4.69) is 17.0 Å². The van der Waals surface area contributed by atoms with Gasteiger partial charge in [0.2, 0.25) is 0 Å². The van der Waals surface area contributed by atoms with Crippen LogP contribution in [0.15, 0.2) is 18.2 Å². The number of benzene rings is 1. The molecule has 0 saturated carbocycles. The standard InChI is InChI=1S/C15H23ClN2O/c1-11-5-6-12(8-14(11)16)15(9-17)18-7-3-4-13(10-18)19-2/h5-6,8,13,15H,3-4,7,9-10,17H2,1-2H3. The summed E-state index contributed by atoms with van der Waals surface area (Å²) in [5.74, 6) is 0. The molecule has 0 radical (unpaired) electrons. The number of hydrogen-bond acceptors (Lipinski definition) is 3. The number of methoxy groups -OCH3 is 1. The Morgan fingerprint density at radius 1 is 1.53 bits per heavy atom. The number of piperidine rings is 1. The van der Waals surface area contributed by atoms with E-state index in [-0.39, 0.29) is 6.04 Å². The Morgan fingerprint density at radius 2 is 2.32 bits per heavy atom. The Hall–Kier alpha value is -0.610. The summed E-state index contributed by atoms with van der Waals surface area (Å²) in [5.41, 5.74) is 8.29. The van der Waals surface area contributed by atoms with Gasteiger partial charge in [-0.25, -0.2) is 0 Å². The first-order valence-electron chi connectivity index (χ1n) is 6.88. The van der Waals surface area contributed by atoms with Gasteiger partial charge < -0.3 is 10.5 Å². The predicted octanol–water partition coefficient (Wildman–Crippen LogP) is 2.76. The quantitative estimate of drug-likeness (QED) is 0.923. The maximum atomic E-state index is 6.23. The molecular weight excluding hydrogens is 260 g/mol. The number of likely N-dealkylation sites (tertiary alicyclic amines) is 1. The summed E-state index contributed by atoms with van der Waals surface area (Å²) in [5, 5.41) is 0.816. The SMILES string of the molecule is COC1CCCN(C(CN)c2ccc(C)c(Cl)c2)C1. The van der Waals surface area contributed by atoms with Crippen LogP contribution in [0.2, 0.25) is 5.02 Å². The summed E-state index contributed by atoms with van der Waals surface area (Å²) < 4.78 is 5.49. The molecule has 2 unspecified atom stereocenters. The van der Waals surface area contributed by atoms with Crippen LogP contribution in [0.3, 0.4) is 0 Å². The lowest BCUT2D eigenvalue weighted by atomic mass is 9.99. The van der Waals surface area contributed by atoms with Gasteiger partial charge in [0, 0.05) is 31.3 Å². The number of aryl methyl sites for hydroxylation is 1. The second-order valence-electron chi connectivity index (χ2n) is 5.25. The number of nitrogens with two attached hydrogens (primary N) is 1. The zero-order chi connectivity index (χ0) is 13.8. The molecule has 2 rings (SSSR count). The molecule has 106 valence electrons. The van der Waals surface area contributed by atoms with E-state index in [1.807, 2.05) is 13.0 Å². The fraction of sp³-hybridized carbons (Fsp3) is 0.600. The van der Waals surface area contributed by atoms with Crippen molar-refractivity contribution in [3.63, 3.8) is 0 Å².